The molecule has 2 N–H and O–H groups in total. The largest absolute Gasteiger partial charge is 0.493 e. The van der Waals surface area contributed by atoms with E-state index in [4.69, 9.17) is 9.47 Å². The predicted molar refractivity (Wildman–Crippen MR) is 105 cm³/mol. The van der Waals surface area contributed by atoms with Crippen LogP contribution in [0.4, 0.5) is 4.39 Å². The Balaban J connectivity index is 1.47. The average Bonchev–Trinajstić information content (AvgIpc) is 3.15. The number of nitrogens with zero attached hydrogens (tertiary/aromatic N) is 1. The van der Waals surface area contributed by atoms with E-state index in [9.17, 15) is 4.39 Å². The fraction of sp³-hybridized carbons (Fsp3) is 0.381. The zero-order valence-electron chi connectivity index (χ0n) is 15.8. The van der Waals surface area contributed by atoms with Crippen molar-refractivity contribution in [3.05, 3.63) is 64.5 Å². The number of halogens is 1. The van der Waals surface area contributed by atoms with Crippen LogP contribution in [0.3, 0.4) is 0 Å². The van der Waals surface area contributed by atoms with Gasteiger partial charge in [0, 0.05) is 39.2 Å². The molecule has 1 aliphatic rings. The molecule has 0 saturated carbocycles. The highest BCUT2D eigenvalue weighted by Gasteiger charge is 2.11. The van der Waals surface area contributed by atoms with E-state index < -0.39 is 0 Å². The summed E-state index contributed by atoms with van der Waals surface area (Å²) >= 11 is 0. The lowest BCUT2D eigenvalue weighted by Gasteiger charge is -2.13. The summed E-state index contributed by atoms with van der Waals surface area (Å²) in [5, 5.41) is 6.57. The molecule has 0 bridgehead atoms. The number of rotatable bonds is 7. The lowest BCUT2D eigenvalue weighted by molar-refractivity contribution is 0.181. The molecule has 0 radical (unpaired) electrons. The van der Waals surface area contributed by atoms with Gasteiger partial charge < -0.3 is 20.1 Å². The van der Waals surface area contributed by atoms with Crippen LogP contribution < -0.4 is 15.4 Å². The lowest BCUT2D eigenvalue weighted by Crippen LogP contribution is -2.37. The van der Waals surface area contributed by atoms with E-state index in [0.717, 1.165) is 43.3 Å². The highest BCUT2D eigenvalue weighted by Crippen LogP contribution is 2.25. The first-order chi connectivity index (χ1) is 13.2. The van der Waals surface area contributed by atoms with Crippen LogP contribution in [0.1, 0.15) is 22.3 Å². The molecule has 5 nitrogen and oxygen atoms in total. The Morgan fingerprint density at radius 3 is 2.85 bits per heavy atom. The molecule has 6 heteroatoms. The van der Waals surface area contributed by atoms with Crippen molar-refractivity contribution in [3.63, 3.8) is 0 Å². The summed E-state index contributed by atoms with van der Waals surface area (Å²) in [5.41, 5.74) is 4.11. The second-order valence-electron chi connectivity index (χ2n) is 6.50. The topological polar surface area (TPSA) is 54.9 Å². The third-order valence-corrected chi connectivity index (χ3v) is 4.55. The van der Waals surface area contributed by atoms with Crippen molar-refractivity contribution < 1.29 is 13.9 Å². The van der Waals surface area contributed by atoms with Crippen molar-refractivity contribution >= 4 is 5.96 Å². The molecular weight excluding hydrogens is 345 g/mol. The van der Waals surface area contributed by atoms with Crippen molar-refractivity contribution in [2.75, 3.05) is 27.3 Å². The maximum Gasteiger partial charge on any atom is 0.191 e. The Morgan fingerprint density at radius 2 is 2.04 bits per heavy atom. The molecule has 2 aromatic carbocycles. The van der Waals surface area contributed by atoms with Crippen molar-refractivity contribution in [2.24, 2.45) is 4.99 Å². The molecule has 0 aromatic heterocycles. The minimum Gasteiger partial charge on any atom is -0.493 e. The number of fused-ring (bicyclic) bond motifs is 1. The zero-order chi connectivity index (χ0) is 19.1. The monoisotopic (exact) mass is 371 g/mol. The number of methoxy groups -OCH3 is 1. The van der Waals surface area contributed by atoms with E-state index in [2.05, 4.69) is 33.8 Å². The Morgan fingerprint density at radius 1 is 1.19 bits per heavy atom. The van der Waals surface area contributed by atoms with E-state index in [1.54, 1.807) is 20.2 Å². The normalized spacial score (nSPS) is 13.2. The summed E-state index contributed by atoms with van der Waals surface area (Å²) in [4.78, 5) is 4.24. The van der Waals surface area contributed by atoms with Crippen LogP contribution in [-0.2, 0) is 30.7 Å². The number of ether oxygens (including phenoxy) is 2. The van der Waals surface area contributed by atoms with Gasteiger partial charge in [-0.25, -0.2) is 4.39 Å². The van der Waals surface area contributed by atoms with E-state index in [-0.39, 0.29) is 12.4 Å². The molecule has 0 spiro atoms. The number of nitrogens with one attached hydrogen (secondary N) is 2. The second kappa shape index (κ2) is 9.37. The molecule has 0 saturated heterocycles. The number of aliphatic imine (C=N–C) groups is 1. The molecule has 0 aliphatic carbocycles. The first-order valence-electron chi connectivity index (χ1n) is 9.15. The van der Waals surface area contributed by atoms with Crippen molar-refractivity contribution in [1.29, 1.82) is 0 Å². The van der Waals surface area contributed by atoms with Gasteiger partial charge in [0.25, 0.3) is 0 Å². The quantitative estimate of drug-likeness (QED) is 0.581. The predicted octanol–water partition coefficient (Wildman–Crippen LogP) is 2.81. The maximum atomic E-state index is 13.7. The van der Waals surface area contributed by atoms with Crippen LogP contribution in [0.15, 0.2) is 41.4 Å². The highest BCUT2D eigenvalue weighted by atomic mass is 19.1. The summed E-state index contributed by atoms with van der Waals surface area (Å²) in [5.74, 6) is 1.48. The maximum absolute atomic E-state index is 13.7. The van der Waals surface area contributed by atoms with Crippen molar-refractivity contribution in [3.8, 4) is 5.75 Å². The Kier molecular flexibility index (Phi) is 6.65. The van der Waals surface area contributed by atoms with Gasteiger partial charge in [-0.2, -0.15) is 0 Å². The SMILES string of the molecule is CN=C(NCCc1ccc2c(c1)CCO2)NCc1ccc(F)c(COC)c1. The fourth-order valence-corrected chi connectivity index (χ4v) is 3.13. The van der Waals surface area contributed by atoms with Gasteiger partial charge in [-0.1, -0.05) is 18.2 Å². The first kappa shape index (κ1) is 19.2. The van der Waals surface area contributed by atoms with Crippen molar-refractivity contribution in [1.82, 2.24) is 10.6 Å². The van der Waals surface area contributed by atoms with Crippen LogP contribution in [0.5, 0.6) is 5.75 Å². The number of guanidine groups is 1. The molecule has 0 fully saturated rings. The third-order valence-electron chi connectivity index (χ3n) is 4.55. The van der Waals surface area contributed by atoms with E-state index in [1.165, 1.54) is 17.2 Å². The van der Waals surface area contributed by atoms with E-state index in [0.29, 0.717) is 12.1 Å². The molecule has 0 amide bonds. The third kappa shape index (κ3) is 5.20. The molecule has 0 atom stereocenters. The standard InChI is InChI=1S/C21H26FN3O2/c1-23-21(25-13-16-3-5-19(22)18(12-16)14-26-2)24-9-7-15-4-6-20-17(11-15)8-10-27-20/h3-6,11-12H,7-10,13-14H2,1-2H3,(H2,23,24,25). The molecule has 2 aromatic rings. The van der Waals surface area contributed by atoms with Crippen LogP contribution in [0.25, 0.3) is 0 Å². The Labute approximate surface area is 159 Å². The van der Waals surface area contributed by atoms with Gasteiger partial charge in [-0.3, -0.25) is 4.99 Å². The van der Waals surface area contributed by atoms with Gasteiger partial charge in [0.1, 0.15) is 11.6 Å². The van der Waals surface area contributed by atoms with Crippen LogP contribution in [0, 0.1) is 5.82 Å². The van der Waals surface area contributed by atoms with Gasteiger partial charge >= 0.3 is 0 Å². The zero-order valence-corrected chi connectivity index (χ0v) is 15.8. The van der Waals surface area contributed by atoms with Crippen molar-refractivity contribution in [2.45, 2.75) is 26.0 Å². The summed E-state index contributed by atoms with van der Waals surface area (Å²) in [6.45, 7) is 2.38. The minimum atomic E-state index is -0.247. The average molecular weight is 371 g/mol. The van der Waals surface area contributed by atoms with Crippen LogP contribution in [0.2, 0.25) is 0 Å². The second-order valence-corrected chi connectivity index (χ2v) is 6.50. The molecule has 144 valence electrons. The lowest BCUT2D eigenvalue weighted by atomic mass is 10.1. The molecular formula is C21H26FN3O2. The van der Waals surface area contributed by atoms with E-state index in [1.807, 2.05) is 6.07 Å². The first-order valence-corrected chi connectivity index (χ1v) is 9.15. The fourth-order valence-electron chi connectivity index (χ4n) is 3.13. The summed E-state index contributed by atoms with van der Waals surface area (Å²) in [6.07, 6.45) is 1.89. The van der Waals surface area contributed by atoms with Gasteiger partial charge in [0.15, 0.2) is 5.96 Å². The van der Waals surface area contributed by atoms with Crippen LogP contribution >= 0.6 is 0 Å². The van der Waals surface area contributed by atoms with E-state index >= 15 is 0 Å². The van der Waals surface area contributed by atoms with Gasteiger partial charge in [-0.15, -0.1) is 0 Å². The Hall–Kier alpha value is -2.60. The molecule has 0 unspecified atom stereocenters. The Bertz CT molecular complexity index is 808. The van der Waals surface area contributed by atoms with Gasteiger partial charge in [0.05, 0.1) is 13.2 Å². The minimum absolute atomic E-state index is 0.247. The number of hydrogen-bond acceptors (Lipinski definition) is 3. The number of benzene rings is 2. The van der Waals surface area contributed by atoms with Crippen LogP contribution in [-0.4, -0.2) is 33.3 Å². The summed E-state index contributed by atoms with van der Waals surface area (Å²) in [7, 11) is 3.30. The smallest absolute Gasteiger partial charge is 0.191 e. The molecule has 3 rings (SSSR count). The highest BCUT2D eigenvalue weighted by molar-refractivity contribution is 5.79. The summed E-state index contributed by atoms with van der Waals surface area (Å²) in [6, 6.07) is 11.4. The van der Waals surface area contributed by atoms with Gasteiger partial charge in [0.2, 0.25) is 0 Å². The van der Waals surface area contributed by atoms with Gasteiger partial charge in [-0.05, 0) is 41.3 Å². The summed E-state index contributed by atoms with van der Waals surface area (Å²) < 4.78 is 24.3. The molecule has 1 heterocycles. The number of hydrogen-bond donors (Lipinski definition) is 2. The molecule has 27 heavy (non-hydrogen) atoms. The molecule has 1 aliphatic heterocycles.